The fraction of sp³-hybridized carbons (Fsp3) is 0.486. The first-order valence-corrected chi connectivity index (χ1v) is 13.7. The Balaban J connectivity index is 2.10. The molecular weight excluding hydrogens is 420 g/mol. The van der Waals surface area contributed by atoms with Crippen LogP contribution in [0.15, 0.2) is 66.7 Å². The largest absolute Gasteiger partial charge is 0.0625 e. The zero-order valence-corrected chi connectivity index (χ0v) is 23.8. The smallest absolute Gasteiger partial charge is 0.0178 e. The lowest BCUT2D eigenvalue weighted by atomic mass is 9.70. The molecule has 0 fully saturated rings. The highest BCUT2D eigenvalue weighted by Gasteiger charge is 2.31. The molecule has 1 atom stereocenters. The maximum absolute atomic E-state index is 2.52. The minimum atomic E-state index is -0.0436. The minimum Gasteiger partial charge on any atom is -0.0625 e. The summed E-state index contributed by atoms with van der Waals surface area (Å²) < 4.78 is 0. The lowest BCUT2D eigenvalue weighted by Crippen LogP contribution is -2.26. The van der Waals surface area contributed by atoms with Crippen LogP contribution in [-0.2, 0) is 24.7 Å². The molecule has 0 heteroatoms. The van der Waals surface area contributed by atoms with E-state index in [1.807, 2.05) is 0 Å². The first-order valence-electron chi connectivity index (χ1n) is 13.7. The molecule has 0 aromatic heterocycles. The molecule has 0 N–H and O–H groups in total. The van der Waals surface area contributed by atoms with Crippen LogP contribution >= 0.6 is 0 Å². The molecule has 3 aromatic carbocycles. The fourth-order valence-electron chi connectivity index (χ4n) is 5.18. The summed E-state index contributed by atoms with van der Waals surface area (Å²) in [5.41, 5.74) is 10.3. The fourth-order valence-corrected chi connectivity index (χ4v) is 5.18. The topological polar surface area (TPSA) is 0 Å². The van der Waals surface area contributed by atoms with Crippen LogP contribution < -0.4 is 0 Å². The van der Waals surface area contributed by atoms with Crippen LogP contribution in [0.1, 0.15) is 93.8 Å². The molecule has 0 aliphatic heterocycles. The van der Waals surface area contributed by atoms with Crippen LogP contribution in [0.25, 0.3) is 0 Å². The van der Waals surface area contributed by atoms with Crippen LogP contribution in [0.4, 0.5) is 0 Å². The van der Waals surface area contributed by atoms with E-state index in [-0.39, 0.29) is 10.8 Å². The van der Waals surface area contributed by atoms with Crippen molar-refractivity contribution in [3.63, 3.8) is 0 Å². The lowest BCUT2D eigenvalue weighted by molar-refractivity contribution is 0.248. The minimum absolute atomic E-state index is 0.0436. The van der Waals surface area contributed by atoms with Gasteiger partial charge >= 0.3 is 0 Å². The third kappa shape index (κ3) is 6.87. The van der Waals surface area contributed by atoms with E-state index in [0.717, 1.165) is 25.7 Å². The van der Waals surface area contributed by atoms with Gasteiger partial charge in [0.25, 0.3) is 0 Å². The zero-order valence-electron chi connectivity index (χ0n) is 23.8. The number of hydrogen-bond acceptors (Lipinski definition) is 0. The number of aryl methyl sites for hydroxylation is 3. The van der Waals surface area contributed by atoms with Crippen molar-refractivity contribution in [3.05, 3.63) is 106 Å². The molecule has 0 saturated carbocycles. The maximum Gasteiger partial charge on any atom is 0.0178 e. The van der Waals surface area contributed by atoms with Gasteiger partial charge < -0.3 is 0 Å². The molecule has 0 nitrogen and oxygen atoms in total. The normalized spacial score (nSPS) is 13.9. The van der Waals surface area contributed by atoms with Crippen LogP contribution in [-0.4, -0.2) is 0 Å². The summed E-state index contributed by atoms with van der Waals surface area (Å²) in [6.07, 6.45) is 4.42. The summed E-state index contributed by atoms with van der Waals surface area (Å²) >= 11 is 0. The van der Waals surface area contributed by atoms with Crippen molar-refractivity contribution in [1.82, 2.24) is 0 Å². The Morgan fingerprint density at radius 3 is 2.03 bits per heavy atom. The quantitative estimate of drug-likeness (QED) is 0.278. The van der Waals surface area contributed by atoms with Gasteiger partial charge in [0.2, 0.25) is 0 Å². The molecule has 0 radical (unpaired) electrons. The molecule has 0 heterocycles. The van der Waals surface area contributed by atoms with E-state index in [1.54, 1.807) is 0 Å². The SMILES string of the molecule is Cc1cc(CC(C)(C)C(C)C)cc(C(C)(CCc2ccccc2)c2ccc(C)c(CC(C)C)c2)c1. The van der Waals surface area contributed by atoms with Crippen molar-refractivity contribution < 1.29 is 0 Å². The summed E-state index contributed by atoms with van der Waals surface area (Å²) in [7, 11) is 0. The molecule has 3 rings (SSSR count). The van der Waals surface area contributed by atoms with Crippen LogP contribution in [0, 0.1) is 31.1 Å². The molecule has 188 valence electrons. The zero-order chi connectivity index (χ0) is 25.8. The van der Waals surface area contributed by atoms with Gasteiger partial charge in [0.05, 0.1) is 0 Å². The molecule has 0 saturated heterocycles. The highest BCUT2D eigenvalue weighted by atomic mass is 14.3. The van der Waals surface area contributed by atoms with Gasteiger partial charge in [-0.3, -0.25) is 0 Å². The van der Waals surface area contributed by atoms with Gasteiger partial charge in [-0.2, -0.15) is 0 Å². The first kappa shape index (κ1) is 27.3. The molecule has 0 aliphatic rings. The molecule has 0 spiro atoms. The Morgan fingerprint density at radius 1 is 0.714 bits per heavy atom. The van der Waals surface area contributed by atoms with Gasteiger partial charge in [0, 0.05) is 5.41 Å². The van der Waals surface area contributed by atoms with Crippen LogP contribution in [0.3, 0.4) is 0 Å². The van der Waals surface area contributed by atoms with Gasteiger partial charge in [0.1, 0.15) is 0 Å². The number of benzene rings is 3. The summed E-state index contributed by atoms with van der Waals surface area (Å²) in [6.45, 7) is 21.2. The number of hydrogen-bond donors (Lipinski definition) is 0. The molecule has 35 heavy (non-hydrogen) atoms. The van der Waals surface area contributed by atoms with E-state index < -0.39 is 0 Å². The van der Waals surface area contributed by atoms with Gasteiger partial charge in [-0.1, -0.05) is 121 Å². The monoisotopic (exact) mass is 468 g/mol. The van der Waals surface area contributed by atoms with Gasteiger partial charge in [0.15, 0.2) is 0 Å². The Hall–Kier alpha value is -2.34. The maximum atomic E-state index is 2.52. The standard InChI is InChI=1S/C35H48/c1-25(2)19-31-23-32(16-15-28(31)6)35(9,18-17-29-13-11-10-12-14-29)33-21-27(5)20-30(22-33)24-34(7,8)26(3)4/h10-16,20-23,25-26H,17-19,24H2,1-9H3. The van der Waals surface area contributed by atoms with E-state index >= 15 is 0 Å². The van der Waals surface area contributed by atoms with E-state index in [4.69, 9.17) is 0 Å². The Kier molecular flexibility index (Phi) is 8.68. The van der Waals surface area contributed by atoms with Gasteiger partial charge in [-0.15, -0.1) is 0 Å². The molecular formula is C35H48. The Bertz CT molecular complexity index is 1100. The summed E-state index contributed by atoms with van der Waals surface area (Å²) in [6, 6.07) is 25.6. The molecule has 0 aliphatic carbocycles. The van der Waals surface area contributed by atoms with E-state index in [1.165, 1.54) is 38.9 Å². The Labute approximate surface area is 216 Å². The van der Waals surface area contributed by atoms with Gasteiger partial charge in [-0.05, 0) is 90.2 Å². The van der Waals surface area contributed by atoms with Crippen molar-refractivity contribution in [2.45, 2.75) is 93.4 Å². The summed E-state index contributed by atoms with van der Waals surface area (Å²) in [5, 5.41) is 0. The van der Waals surface area contributed by atoms with Crippen LogP contribution in [0.2, 0.25) is 0 Å². The number of rotatable bonds is 10. The van der Waals surface area contributed by atoms with Crippen LogP contribution in [0.5, 0.6) is 0 Å². The average molecular weight is 469 g/mol. The van der Waals surface area contributed by atoms with E-state index in [2.05, 4.69) is 129 Å². The predicted molar refractivity (Wildman–Crippen MR) is 154 cm³/mol. The second-order valence-corrected chi connectivity index (χ2v) is 12.6. The summed E-state index contributed by atoms with van der Waals surface area (Å²) in [4.78, 5) is 0. The van der Waals surface area contributed by atoms with Crippen molar-refractivity contribution in [2.75, 3.05) is 0 Å². The first-order chi connectivity index (χ1) is 16.4. The average Bonchev–Trinajstić information content (AvgIpc) is 2.78. The highest BCUT2D eigenvalue weighted by molar-refractivity contribution is 5.45. The van der Waals surface area contributed by atoms with E-state index in [9.17, 15) is 0 Å². The second kappa shape index (κ2) is 11.2. The second-order valence-electron chi connectivity index (χ2n) is 12.6. The third-order valence-electron chi connectivity index (χ3n) is 8.37. The Morgan fingerprint density at radius 2 is 1.40 bits per heavy atom. The third-order valence-corrected chi connectivity index (χ3v) is 8.37. The molecule has 1 unspecified atom stereocenters. The van der Waals surface area contributed by atoms with Crippen molar-refractivity contribution in [1.29, 1.82) is 0 Å². The van der Waals surface area contributed by atoms with E-state index in [0.29, 0.717) is 11.8 Å². The molecule has 0 amide bonds. The molecule has 3 aromatic rings. The molecule has 0 bridgehead atoms. The van der Waals surface area contributed by atoms with Crippen molar-refractivity contribution in [3.8, 4) is 0 Å². The lowest BCUT2D eigenvalue weighted by Gasteiger charge is -2.34. The summed E-state index contributed by atoms with van der Waals surface area (Å²) in [5.74, 6) is 1.30. The van der Waals surface area contributed by atoms with Gasteiger partial charge in [-0.25, -0.2) is 0 Å². The highest BCUT2D eigenvalue weighted by Crippen LogP contribution is 2.40. The van der Waals surface area contributed by atoms with Crippen molar-refractivity contribution >= 4 is 0 Å². The predicted octanol–water partition coefficient (Wildman–Crippen LogP) is 9.67. The van der Waals surface area contributed by atoms with Crippen molar-refractivity contribution in [2.24, 2.45) is 17.3 Å².